The lowest BCUT2D eigenvalue weighted by Gasteiger charge is -2.29. The summed E-state index contributed by atoms with van der Waals surface area (Å²) in [5, 5.41) is 4.08. The molecule has 1 aromatic heterocycles. The summed E-state index contributed by atoms with van der Waals surface area (Å²) in [5.74, 6) is 6.91. The Balaban J connectivity index is 3.02. The van der Waals surface area contributed by atoms with Gasteiger partial charge < -0.3 is 19.4 Å². The molecule has 0 unspecified atom stereocenters. The van der Waals surface area contributed by atoms with Crippen LogP contribution >= 0.6 is 11.8 Å². The van der Waals surface area contributed by atoms with Gasteiger partial charge >= 0.3 is 0 Å². The van der Waals surface area contributed by atoms with E-state index in [1.165, 1.54) is 5.57 Å². The minimum absolute atomic E-state index is 0.690. The fraction of sp³-hybridized carbons (Fsp3) is 0.357. The maximum atomic E-state index is 11.8. The topological polar surface area (TPSA) is 48.9 Å². The first-order valence-electron chi connectivity index (χ1n) is 11.4. The summed E-state index contributed by atoms with van der Waals surface area (Å²) in [6.07, 6.45) is 7.46. The second-order valence-corrected chi connectivity index (χ2v) is 9.14. The monoisotopic (exact) mass is 492 g/mol. The van der Waals surface area contributed by atoms with E-state index in [0.717, 1.165) is 45.6 Å². The number of anilines is 2. The van der Waals surface area contributed by atoms with Crippen LogP contribution in [0.3, 0.4) is 0 Å². The molecule has 0 saturated carbocycles. The molecule has 0 aliphatic heterocycles. The van der Waals surface area contributed by atoms with Crippen molar-refractivity contribution in [2.75, 3.05) is 45.1 Å². The third-order valence-electron chi connectivity index (χ3n) is 5.47. The molecule has 7 heteroatoms. The van der Waals surface area contributed by atoms with Crippen molar-refractivity contribution >= 4 is 46.0 Å². The van der Waals surface area contributed by atoms with Crippen LogP contribution in [0.4, 0.5) is 11.4 Å². The number of aromatic nitrogens is 1. The van der Waals surface area contributed by atoms with Crippen LogP contribution in [0.1, 0.15) is 39.7 Å². The van der Waals surface area contributed by atoms with Crippen LogP contribution in [0.5, 0.6) is 5.75 Å². The Morgan fingerprint density at radius 2 is 1.94 bits per heavy atom. The van der Waals surface area contributed by atoms with Gasteiger partial charge in [-0.3, -0.25) is 9.78 Å². The number of pyridine rings is 1. The number of carbonyl (C=O) groups excluding carboxylic acids is 1. The molecule has 2 aromatic rings. The van der Waals surface area contributed by atoms with Crippen molar-refractivity contribution in [3.8, 4) is 17.6 Å². The molecular formula is C28H36N4O2S. The van der Waals surface area contributed by atoms with Crippen LogP contribution in [-0.4, -0.2) is 51.6 Å². The maximum Gasteiger partial charge on any atom is 0.213 e. The van der Waals surface area contributed by atoms with Gasteiger partial charge in [-0.2, -0.15) is 0 Å². The number of rotatable bonds is 10. The lowest BCUT2D eigenvalue weighted by Crippen LogP contribution is -2.22. The third-order valence-corrected chi connectivity index (χ3v) is 6.72. The zero-order valence-electron chi connectivity index (χ0n) is 22.3. The Kier molecular flexibility index (Phi) is 10.3. The van der Waals surface area contributed by atoms with Crippen LogP contribution in [0.25, 0.3) is 16.5 Å². The van der Waals surface area contributed by atoms with Gasteiger partial charge in [0.1, 0.15) is 5.75 Å². The molecule has 0 aliphatic carbocycles. The van der Waals surface area contributed by atoms with Gasteiger partial charge in [0.05, 0.1) is 40.8 Å². The molecule has 0 N–H and O–H groups in total. The summed E-state index contributed by atoms with van der Waals surface area (Å²) in [7, 11) is 9.36. The standard InChI is InChI=1S/C28H36N4O2S/c1-10-13-21(18-30(5)6)22-15-23-24(16-26(22)34-9)29-17-25(31(7)19-33)27(23)32(8)28(20(4)12-3)35-14-11-2/h11,14-19H,12H2,1-9H3/b14-11-,21-18+,28-20+. The van der Waals surface area contributed by atoms with Gasteiger partial charge in [-0.05, 0) is 44.2 Å². The van der Waals surface area contributed by atoms with Crippen molar-refractivity contribution in [3.63, 3.8) is 0 Å². The molecule has 0 fully saturated rings. The van der Waals surface area contributed by atoms with Gasteiger partial charge in [0, 0.05) is 51.4 Å². The molecule has 0 spiro atoms. The van der Waals surface area contributed by atoms with E-state index in [-0.39, 0.29) is 0 Å². The van der Waals surface area contributed by atoms with Gasteiger partial charge in [0.2, 0.25) is 6.41 Å². The van der Waals surface area contributed by atoms with Crippen molar-refractivity contribution in [3.05, 3.63) is 52.2 Å². The van der Waals surface area contributed by atoms with Gasteiger partial charge in [0.15, 0.2) is 0 Å². The molecule has 35 heavy (non-hydrogen) atoms. The van der Waals surface area contributed by atoms with Gasteiger partial charge in [-0.25, -0.2) is 0 Å². The highest BCUT2D eigenvalue weighted by atomic mass is 32.2. The number of amides is 1. The average Bonchev–Trinajstić information content (AvgIpc) is 2.85. The third kappa shape index (κ3) is 6.40. The second kappa shape index (κ2) is 12.9. The molecule has 0 atom stereocenters. The molecule has 0 aliphatic rings. The molecule has 0 radical (unpaired) electrons. The number of benzene rings is 1. The summed E-state index contributed by atoms with van der Waals surface area (Å²) in [4.78, 5) is 22.2. The van der Waals surface area contributed by atoms with E-state index in [1.807, 2.05) is 58.2 Å². The van der Waals surface area contributed by atoms with Gasteiger partial charge in [-0.1, -0.05) is 30.7 Å². The van der Waals surface area contributed by atoms with Crippen molar-refractivity contribution in [1.29, 1.82) is 0 Å². The number of methoxy groups -OCH3 is 1. The molecule has 1 aromatic carbocycles. The predicted molar refractivity (Wildman–Crippen MR) is 152 cm³/mol. The van der Waals surface area contributed by atoms with Crippen molar-refractivity contribution in [1.82, 2.24) is 9.88 Å². The van der Waals surface area contributed by atoms with Crippen LogP contribution in [0.2, 0.25) is 0 Å². The number of hydrogen-bond acceptors (Lipinski definition) is 6. The zero-order valence-corrected chi connectivity index (χ0v) is 23.1. The Morgan fingerprint density at radius 3 is 2.49 bits per heavy atom. The minimum atomic E-state index is 0.690. The Morgan fingerprint density at radius 1 is 1.23 bits per heavy atom. The quantitative estimate of drug-likeness (QED) is 0.295. The van der Waals surface area contributed by atoms with Crippen molar-refractivity contribution in [2.24, 2.45) is 0 Å². The molecule has 2 rings (SSSR count). The van der Waals surface area contributed by atoms with E-state index in [1.54, 1.807) is 37.0 Å². The number of carbonyl (C=O) groups is 1. The first-order chi connectivity index (χ1) is 16.7. The number of hydrogen-bond donors (Lipinski definition) is 0. The van der Waals surface area contributed by atoms with Crippen LogP contribution < -0.4 is 14.5 Å². The summed E-state index contributed by atoms with van der Waals surface area (Å²) in [6.45, 7) is 8.11. The van der Waals surface area contributed by atoms with E-state index in [9.17, 15) is 4.79 Å². The highest BCUT2D eigenvalue weighted by molar-refractivity contribution is 8.05. The lowest BCUT2D eigenvalue weighted by atomic mass is 10.0. The van der Waals surface area contributed by atoms with E-state index in [2.05, 4.69) is 47.0 Å². The molecule has 186 valence electrons. The number of nitrogens with zero attached hydrogens (tertiary/aromatic N) is 4. The van der Waals surface area contributed by atoms with Crippen LogP contribution in [0, 0.1) is 11.8 Å². The number of fused-ring (bicyclic) bond motifs is 1. The fourth-order valence-electron chi connectivity index (χ4n) is 3.66. The van der Waals surface area contributed by atoms with Crippen LogP contribution in [0.15, 0.2) is 46.6 Å². The largest absolute Gasteiger partial charge is 0.496 e. The summed E-state index contributed by atoms with van der Waals surface area (Å²) in [6, 6.07) is 4.00. The SMILES string of the molecule is CC#C/C(=C\N(C)C)c1cc2c(N(C)/C(S/C=C\C)=C(/C)CC)c(N(C)C=O)cnc2cc1OC. The summed E-state index contributed by atoms with van der Waals surface area (Å²) in [5.41, 5.74) is 5.33. The lowest BCUT2D eigenvalue weighted by molar-refractivity contribution is -0.107. The first-order valence-corrected chi connectivity index (χ1v) is 12.3. The number of ether oxygens (including phenoxy) is 1. The number of thioether (sulfide) groups is 1. The highest BCUT2D eigenvalue weighted by Crippen LogP contribution is 2.42. The molecule has 6 nitrogen and oxygen atoms in total. The van der Waals surface area contributed by atoms with Gasteiger partial charge in [0.25, 0.3) is 0 Å². The Labute approximate surface area is 214 Å². The smallest absolute Gasteiger partial charge is 0.213 e. The minimum Gasteiger partial charge on any atom is -0.496 e. The molecule has 1 amide bonds. The maximum absolute atomic E-state index is 11.8. The molecule has 1 heterocycles. The molecule has 0 saturated heterocycles. The van der Waals surface area contributed by atoms with E-state index < -0.39 is 0 Å². The normalized spacial score (nSPS) is 12.2. The average molecular weight is 493 g/mol. The Hall–Kier alpha value is -3.37. The predicted octanol–water partition coefficient (Wildman–Crippen LogP) is 6.11. The molecule has 0 bridgehead atoms. The number of allylic oxidation sites excluding steroid dienone is 3. The van der Waals surface area contributed by atoms with E-state index >= 15 is 0 Å². The summed E-state index contributed by atoms with van der Waals surface area (Å²) >= 11 is 1.66. The Bertz CT molecular complexity index is 1220. The molecular weight excluding hydrogens is 456 g/mol. The fourth-order valence-corrected chi connectivity index (χ4v) is 4.52. The van der Waals surface area contributed by atoms with Gasteiger partial charge in [-0.15, -0.1) is 5.92 Å². The van der Waals surface area contributed by atoms with Crippen molar-refractivity contribution < 1.29 is 9.53 Å². The second-order valence-electron chi connectivity index (χ2n) is 8.24. The zero-order chi connectivity index (χ0) is 26.1. The summed E-state index contributed by atoms with van der Waals surface area (Å²) < 4.78 is 5.75. The van der Waals surface area contributed by atoms with Crippen molar-refractivity contribution in [2.45, 2.75) is 34.1 Å². The van der Waals surface area contributed by atoms with E-state index in [4.69, 9.17) is 4.74 Å². The van der Waals surface area contributed by atoms with E-state index in [0.29, 0.717) is 11.4 Å². The highest BCUT2D eigenvalue weighted by Gasteiger charge is 2.22. The van der Waals surface area contributed by atoms with Crippen LogP contribution in [-0.2, 0) is 4.79 Å². The first kappa shape index (κ1) is 27.9.